The van der Waals surface area contributed by atoms with E-state index in [9.17, 15) is 4.79 Å². The van der Waals surface area contributed by atoms with Crippen molar-refractivity contribution in [3.63, 3.8) is 0 Å². The predicted octanol–water partition coefficient (Wildman–Crippen LogP) is 12.3. The summed E-state index contributed by atoms with van der Waals surface area (Å²) in [5.74, 6) is 0.298. The standard InChI is InChI=1S/C65H92O8Si3/c1-14-74(15-2,16-3)73-63-49(7)62-60(70-61(63)43-58-48(6)46(4)41-50(68-58)37-38-56-47(5)42-51(45-66)69-56)44-59(72-76(65(11,12)13,54-33-25-19-26-34-54)55-35-27-20-28-36-55)57(71-62)39-40-67-75(64(8,9)10,52-29-21-17-22-30-52)53-31-23-18-24-32-53/h17-36,45-46,49-51,56-63H,5-6,14-16,37-44H2,1-4,7-13H3/t46-,49+,50+,51-,56+,57-,58-,59-,60+,61+,62+,63-/m1/s1. The number of aldehydes is 1. The Labute approximate surface area is 461 Å². The van der Waals surface area contributed by atoms with E-state index in [0.29, 0.717) is 32.3 Å². The molecule has 0 spiro atoms. The Hall–Kier alpha value is -3.60. The molecule has 0 N–H and O–H groups in total. The minimum absolute atomic E-state index is 0.0230. The van der Waals surface area contributed by atoms with Crippen LogP contribution in [-0.4, -0.2) is 98.9 Å². The molecule has 0 aliphatic carbocycles. The third kappa shape index (κ3) is 12.1. The van der Waals surface area contributed by atoms with Crippen LogP contribution >= 0.6 is 0 Å². The molecule has 0 bridgehead atoms. The Morgan fingerprint density at radius 3 is 1.59 bits per heavy atom. The van der Waals surface area contributed by atoms with Crippen LogP contribution in [-0.2, 0) is 37.0 Å². The van der Waals surface area contributed by atoms with Crippen LogP contribution in [0, 0.1) is 11.8 Å². The first kappa shape index (κ1) is 58.5. The van der Waals surface area contributed by atoms with Crippen LogP contribution in [0.25, 0.3) is 0 Å². The molecule has 412 valence electrons. The van der Waals surface area contributed by atoms with Crippen molar-refractivity contribution in [3.8, 4) is 0 Å². The molecule has 0 radical (unpaired) electrons. The van der Waals surface area contributed by atoms with Gasteiger partial charge in [-0.2, -0.15) is 0 Å². The van der Waals surface area contributed by atoms with Crippen LogP contribution in [0.3, 0.4) is 0 Å². The van der Waals surface area contributed by atoms with Gasteiger partial charge >= 0.3 is 0 Å². The van der Waals surface area contributed by atoms with E-state index in [1.165, 1.54) is 20.7 Å². The molecule has 11 heteroatoms. The SMILES string of the molecule is C=C1C[C@H](C=O)O[C@H]1CC[C@H]1C[C@@H](C)C(=C)[C@@H](C[C@@H]2O[C@H]3C[C@@H](O[Si](c4ccccc4)(c4ccccc4)C(C)(C)C)[C@@H](CCO[Si](c4ccccc4)(c4ccccc4)C(C)(C)C)O[C@H]3[C@H](C)[C@H]2O[Si](CC)(CC)CC)O1. The Bertz CT molecular complexity index is 2400. The van der Waals surface area contributed by atoms with Gasteiger partial charge in [-0.1, -0.05) is 211 Å². The van der Waals surface area contributed by atoms with Crippen LogP contribution in [0.4, 0.5) is 0 Å². The van der Waals surface area contributed by atoms with E-state index >= 15 is 0 Å². The number of carbonyl (C=O) groups excluding carboxylic acids is 1. The molecule has 0 amide bonds. The molecular weight excluding hydrogens is 993 g/mol. The van der Waals surface area contributed by atoms with Gasteiger partial charge in [0.1, 0.15) is 12.4 Å². The molecule has 4 aromatic carbocycles. The summed E-state index contributed by atoms with van der Waals surface area (Å²) in [6.45, 7) is 35.2. The second kappa shape index (κ2) is 24.8. The van der Waals surface area contributed by atoms with Crippen molar-refractivity contribution in [3.05, 3.63) is 146 Å². The van der Waals surface area contributed by atoms with Gasteiger partial charge in [-0.25, -0.2) is 0 Å². The number of rotatable bonds is 21. The Balaban J connectivity index is 1.16. The molecular formula is C65H92O8Si3. The van der Waals surface area contributed by atoms with Gasteiger partial charge in [0.25, 0.3) is 16.6 Å². The average molecular weight is 1090 g/mol. The molecule has 0 saturated carbocycles. The molecule has 76 heavy (non-hydrogen) atoms. The summed E-state index contributed by atoms with van der Waals surface area (Å²) in [6.07, 6.45) is 3.73. The lowest BCUT2D eigenvalue weighted by Gasteiger charge is -2.55. The summed E-state index contributed by atoms with van der Waals surface area (Å²) >= 11 is 0. The fraction of sp³-hybridized carbons (Fsp3) is 0.554. The number of hydrogen-bond donors (Lipinski definition) is 0. The highest BCUT2D eigenvalue weighted by atomic mass is 28.4. The lowest BCUT2D eigenvalue weighted by Crippen LogP contribution is -2.70. The lowest BCUT2D eigenvalue weighted by atomic mass is 9.79. The summed E-state index contributed by atoms with van der Waals surface area (Å²) in [6, 6.07) is 47.0. The topological polar surface area (TPSA) is 81.7 Å². The van der Waals surface area contributed by atoms with E-state index in [0.717, 1.165) is 54.8 Å². The van der Waals surface area contributed by atoms with E-state index in [1.807, 2.05) is 0 Å². The summed E-state index contributed by atoms with van der Waals surface area (Å²) in [5.41, 5.74) is 2.12. The quantitative estimate of drug-likeness (QED) is 0.0464. The predicted molar refractivity (Wildman–Crippen MR) is 318 cm³/mol. The normalized spacial score (nSPS) is 28.8. The zero-order valence-corrected chi connectivity index (χ0v) is 51.0. The third-order valence-electron chi connectivity index (χ3n) is 18.2. The molecule has 8 nitrogen and oxygen atoms in total. The number of fused-ring (bicyclic) bond motifs is 1. The second-order valence-electron chi connectivity index (χ2n) is 24.8. The highest BCUT2D eigenvalue weighted by molar-refractivity contribution is 7.00. The van der Waals surface area contributed by atoms with Crippen LogP contribution < -0.4 is 20.7 Å². The lowest BCUT2D eigenvalue weighted by molar-refractivity contribution is -0.264. The van der Waals surface area contributed by atoms with Gasteiger partial charge in [0, 0.05) is 31.8 Å². The number of carbonyl (C=O) groups is 1. The van der Waals surface area contributed by atoms with Gasteiger partial charge < -0.3 is 37.0 Å². The maximum atomic E-state index is 11.6. The van der Waals surface area contributed by atoms with Crippen LogP contribution in [0.1, 0.15) is 121 Å². The van der Waals surface area contributed by atoms with Crippen molar-refractivity contribution in [2.75, 3.05) is 6.61 Å². The zero-order valence-electron chi connectivity index (χ0n) is 48.0. The average Bonchev–Trinajstić information content (AvgIpc) is 3.82. The Morgan fingerprint density at radius 1 is 0.605 bits per heavy atom. The van der Waals surface area contributed by atoms with Gasteiger partial charge in [-0.3, -0.25) is 0 Å². The minimum atomic E-state index is -3.08. The molecule has 0 unspecified atom stereocenters. The largest absolute Gasteiger partial charge is 0.411 e. The first-order valence-corrected chi connectivity index (χ1v) is 35.3. The van der Waals surface area contributed by atoms with Crippen molar-refractivity contribution in [2.24, 2.45) is 11.8 Å². The van der Waals surface area contributed by atoms with Gasteiger partial charge in [-0.05, 0) is 91.7 Å². The van der Waals surface area contributed by atoms with E-state index in [4.69, 9.17) is 38.8 Å². The zero-order chi connectivity index (χ0) is 54.5. The molecule has 4 saturated heterocycles. The second-order valence-corrected chi connectivity index (χ2v) is 38.1. The van der Waals surface area contributed by atoms with E-state index in [1.54, 1.807) is 0 Å². The van der Waals surface area contributed by atoms with E-state index < -0.39 is 31.1 Å². The molecule has 8 rings (SSSR count). The summed E-state index contributed by atoms with van der Waals surface area (Å²) < 4.78 is 52.2. The highest BCUT2D eigenvalue weighted by Gasteiger charge is 2.58. The summed E-state index contributed by atoms with van der Waals surface area (Å²) in [4.78, 5) is 11.6. The van der Waals surface area contributed by atoms with Crippen molar-refractivity contribution in [1.82, 2.24) is 0 Å². The third-order valence-corrected chi connectivity index (χ3v) is 32.9. The molecule has 4 aromatic rings. The monoisotopic (exact) mass is 1080 g/mol. The van der Waals surface area contributed by atoms with Crippen LogP contribution in [0.5, 0.6) is 0 Å². The maximum absolute atomic E-state index is 11.6. The van der Waals surface area contributed by atoms with E-state index in [2.05, 4.69) is 204 Å². The Morgan fingerprint density at radius 2 is 1.12 bits per heavy atom. The minimum Gasteiger partial charge on any atom is -0.411 e. The molecule has 4 aliphatic heterocycles. The van der Waals surface area contributed by atoms with Gasteiger partial charge in [0.15, 0.2) is 8.32 Å². The molecule has 4 fully saturated rings. The summed E-state index contributed by atoms with van der Waals surface area (Å²) in [7, 11) is -8.11. The van der Waals surface area contributed by atoms with Gasteiger partial charge in [0.05, 0.1) is 54.9 Å². The van der Waals surface area contributed by atoms with Gasteiger partial charge in [0.2, 0.25) is 0 Å². The highest BCUT2D eigenvalue weighted by Crippen LogP contribution is 2.47. The van der Waals surface area contributed by atoms with E-state index in [-0.39, 0.29) is 76.8 Å². The van der Waals surface area contributed by atoms with Crippen molar-refractivity contribution in [2.45, 2.75) is 210 Å². The first-order valence-electron chi connectivity index (χ1n) is 29.0. The smallest absolute Gasteiger partial charge is 0.261 e. The van der Waals surface area contributed by atoms with Crippen molar-refractivity contribution in [1.29, 1.82) is 0 Å². The van der Waals surface area contributed by atoms with Crippen molar-refractivity contribution < 1.29 is 37.0 Å². The van der Waals surface area contributed by atoms with Crippen LogP contribution in [0.15, 0.2) is 146 Å². The summed E-state index contributed by atoms with van der Waals surface area (Å²) in [5, 5.41) is 4.59. The van der Waals surface area contributed by atoms with Crippen LogP contribution in [0.2, 0.25) is 28.2 Å². The fourth-order valence-corrected chi connectivity index (χ4v) is 25.9. The molecule has 4 heterocycles. The van der Waals surface area contributed by atoms with Gasteiger partial charge in [-0.15, -0.1) is 0 Å². The maximum Gasteiger partial charge on any atom is 0.261 e. The number of benzene rings is 4. The fourth-order valence-electron chi connectivity index (χ4n) is 13.6. The first-order chi connectivity index (χ1) is 36.3. The Kier molecular flexibility index (Phi) is 19.1. The molecule has 0 aromatic heterocycles. The molecule has 12 atom stereocenters. The molecule has 4 aliphatic rings. The number of hydrogen-bond acceptors (Lipinski definition) is 8. The number of ether oxygens (including phenoxy) is 4. The van der Waals surface area contributed by atoms with Crippen molar-refractivity contribution >= 4 is 52.0 Å².